The van der Waals surface area contributed by atoms with Gasteiger partial charge in [-0.3, -0.25) is 0 Å². The molecule has 0 aliphatic rings. The number of aryl methyl sites for hydroxylation is 1. The summed E-state index contributed by atoms with van der Waals surface area (Å²) >= 11 is 0. The van der Waals surface area contributed by atoms with Gasteiger partial charge in [-0.25, -0.2) is 4.98 Å². The highest BCUT2D eigenvalue weighted by molar-refractivity contribution is 5.77. The molecule has 0 spiro atoms. The van der Waals surface area contributed by atoms with Crippen LogP contribution in [0.1, 0.15) is 5.69 Å². The van der Waals surface area contributed by atoms with Crippen molar-refractivity contribution >= 4 is 5.82 Å². The van der Waals surface area contributed by atoms with Crippen molar-refractivity contribution in [1.82, 2.24) is 4.98 Å². The summed E-state index contributed by atoms with van der Waals surface area (Å²) < 4.78 is 15.8. The first-order valence-corrected chi connectivity index (χ1v) is 6.14. The highest BCUT2D eigenvalue weighted by Gasteiger charge is 2.12. The summed E-state index contributed by atoms with van der Waals surface area (Å²) in [6, 6.07) is 7.48. The molecule has 1 aromatic carbocycles. The Labute approximate surface area is 118 Å². The zero-order chi connectivity index (χ0) is 14.7. The van der Waals surface area contributed by atoms with Gasteiger partial charge in [0.05, 0.1) is 27.0 Å². The number of rotatable bonds is 4. The van der Waals surface area contributed by atoms with Gasteiger partial charge in [0.15, 0.2) is 11.5 Å². The third-order valence-electron chi connectivity index (χ3n) is 3.11. The molecule has 0 saturated carbocycles. The molecular weight excluding hydrogens is 256 g/mol. The van der Waals surface area contributed by atoms with Crippen LogP contribution in [-0.4, -0.2) is 26.3 Å². The Bertz CT molecular complexity index is 627. The average Bonchev–Trinajstić information content (AvgIpc) is 2.46. The van der Waals surface area contributed by atoms with E-state index in [0.29, 0.717) is 23.1 Å². The van der Waals surface area contributed by atoms with E-state index >= 15 is 0 Å². The SMILES string of the molecule is COc1ccc(-c2cc(OC)c(C)nc2N)cc1OC. The lowest BCUT2D eigenvalue weighted by molar-refractivity contribution is 0.355. The van der Waals surface area contributed by atoms with Crippen LogP contribution in [0.15, 0.2) is 24.3 Å². The van der Waals surface area contributed by atoms with Gasteiger partial charge in [-0.05, 0) is 30.7 Å². The van der Waals surface area contributed by atoms with Crippen LogP contribution >= 0.6 is 0 Å². The number of nitrogen functional groups attached to an aromatic ring is 1. The van der Waals surface area contributed by atoms with Gasteiger partial charge in [0.2, 0.25) is 0 Å². The standard InChI is InChI=1S/C15H18N2O3/c1-9-13(19-3)8-11(15(16)17-9)10-5-6-12(18-2)14(7-10)20-4/h5-8H,1-4H3,(H2,16,17). The first-order chi connectivity index (χ1) is 9.60. The number of hydrogen-bond acceptors (Lipinski definition) is 5. The average molecular weight is 274 g/mol. The summed E-state index contributed by atoms with van der Waals surface area (Å²) in [6.07, 6.45) is 0. The predicted octanol–water partition coefficient (Wildman–Crippen LogP) is 2.67. The molecule has 5 heteroatoms. The predicted molar refractivity (Wildman–Crippen MR) is 78.5 cm³/mol. The maximum Gasteiger partial charge on any atom is 0.161 e. The maximum atomic E-state index is 6.00. The number of benzene rings is 1. The van der Waals surface area contributed by atoms with Crippen LogP contribution in [0, 0.1) is 6.92 Å². The van der Waals surface area contributed by atoms with E-state index in [9.17, 15) is 0 Å². The van der Waals surface area contributed by atoms with Gasteiger partial charge in [-0.1, -0.05) is 6.07 Å². The van der Waals surface area contributed by atoms with Crippen LogP contribution in [0.3, 0.4) is 0 Å². The van der Waals surface area contributed by atoms with E-state index < -0.39 is 0 Å². The smallest absolute Gasteiger partial charge is 0.161 e. The van der Waals surface area contributed by atoms with Crippen LogP contribution in [0.5, 0.6) is 17.2 Å². The van der Waals surface area contributed by atoms with Crippen LogP contribution < -0.4 is 19.9 Å². The summed E-state index contributed by atoms with van der Waals surface area (Å²) in [5.41, 5.74) is 8.45. The first-order valence-electron chi connectivity index (χ1n) is 6.14. The third-order valence-corrected chi connectivity index (χ3v) is 3.11. The van der Waals surface area contributed by atoms with Gasteiger partial charge in [0.25, 0.3) is 0 Å². The monoisotopic (exact) mass is 274 g/mol. The largest absolute Gasteiger partial charge is 0.495 e. The highest BCUT2D eigenvalue weighted by atomic mass is 16.5. The van der Waals surface area contributed by atoms with Crippen LogP contribution in [0.4, 0.5) is 5.82 Å². The second-order valence-electron chi connectivity index (χ2n) is 4.28. The fourth-order valence-corrected chi connectivity index (χ4v) is 2.05. The molecule has 1 heterocycles. The van der Waals surface area contributed by atoms with Gasteiger partial charge in [-0.2, -0.15) is 0 Å². The topological polar surface area (TPSA) is 66.6 Å². The Morgan fingerprint density at radius 1 is 0.900 bits per heavy atom. The van der Waals surface area contributed by atoms with Crippen molar-refractivity contribution in [2.45, 2.75) is 6.92 Å². The van der Waals surface area contributed by atoms with E-state index in [1.807, 2.05) is 31.2 Å². The Hall–Kier alpha value is -2.43. The van der Waals surface area contributed by atoms with Gasteiger partial charge in [0, 0.05) is 5.56 Å². The van der Waals surface area contributed by atoms with E-state index in [2.05, 4.69) is 4.98 Å². The molecule has 2 rings (SSSR count). The Balaban J connectivity index is 2.56. The van der Waals surface area contributed by atoms with E-state index in [1.165, 1.54) is 0 Å². The highest BCUT2D eigenvalue weighted by Crippen LogP contribution is 2.36. The number of nitrogens with two attached hydrogens (primary N) is 1. The number of nitrogens with zero attached hydrogens (tertiary/aromatic N) is 1. The summed E-state index contributed by atoms with van der Waals surface area (Å²) in [5, 5.41) is 0. The van der Waals surface area contributed by atoms with E-state index in [-0.39, 0.29) is 0 Å². The normalized spacial score (nSPS) is 10.2. The molecule has 0 radical (unpaired) electrons. The van der Waals surface area contributed by atoms with Crippen LogP contribution in [0.2, 0.25) is 0 Å². The molecule has 2 aromatic rings. The maximum absolute atomic E-state index is 6.00. The fraction of sp³-hybridized carbons (Fsp3) is 0.267. The van der Waals surface area contributed by atoms with E-state index in [4.69, 9.17) is 19.9 Å². The Morgan fingerprint density at radius 3 is 2.15 bits per heavy atom. The Kier molecular flexibility index (Phi) is 3.98. The summed E-state index contributed by atoms with van der Waals surface area (Å²) in [6.45, 7) is 1.85. The molecule has 106 valence electrons. The van der Waals surface area contributed by atoms with Crippen molar-refractivity contribution in [3.8, 4) is 28.4 Å². The van der Waals surface area contributed by atoms with Gasteiger partial charge >= 0.3 is 0 Å². The number of hydrogen-bond donors (Lipinski definition) is 1. The zero-order valence-corrected chi connectivity index (χ0v) is 12.1. The van der Waals surface area contributed by atoms with Gasteiger partial charge in [0.1, 0.15) is 11.6 Å². The van der Waals surface area contributed by atoms with Crippen molar-refractivity contribution in [2.24, 2.45) is 0 Å². The van der Waals surface area contributed by atoms with Gasteiger partial charge < -0.3 is 19.9 Å². The van der Waals surface area contributed by atoms with Crippen molar-refractivity contribution in [2.75, 3.05) is 27.1 Å². The molecule has 0 aliphatic heterocycles. The molecule has 5 nitrogen and oxygen atoms in total. The van der Waals surface area contributed by atoms with Crippen LogP contribution in [-0.2, 0) is 0 Å². The van der Waals surface area contributed by atoms with Crippen molar-refractivity contribution in [3.63, 3.8) is 0 Å². The lowest BCUT2D eigenvalue weighted by Crippen LogP contribution is -1.99. The number of ether oxygens (including phenoxy) is 3. The van der Waals surface area contributed by atoms with Crippen molar-refractivity contribution in [3.05, 3.63) is 30.0 Å². The summed E-state index contributed by atoms with van der Waals surface area (Å²) in [7, 11) is 4.81. The van der Waals surface area contributed by atoms with Crippen LogP contribution in [0.25, 0.3) is 11.1 Å². The minimum Gasteiger partial charge on any atom is -0.495 e. The third kappa shape index (κ3) is 2.47. The second-order valence-corrected chi connectivity index (χ2v) is 4.28. The number of pyridine rings is 1. The molecule has 20 heavy (non-hydrogen) atoms. The molecule has 0 saturated heterocycles. The molecule has 0 unspecified atom stereocenters. The fourth-order valence-electron chi connectivity index (χ4n) is 2.05. The number of anilines is 1. The minimum atomic E-state index is 0.454. The second kappa shape index (κ2) is 5.69. The van der Waals surface area contributed by atoms with Crippen molar-refractivity contribution in [1.29, 1.82) is 0 Å². The lowest BCUT2D eigenvalue weighted by Gasteiger charge is -2.13. The molecular formula is C15H18N2O3. The molecule has 0 fully saturated rings. The minimum absolute atomic E-state index is 0.454. The summed E-state index contributed by atoms with van der Waals surface area (Å²) in [4.78, 5) is 4.30. The quantitative estimate of drug-likeness (QED) is 0.928. The lowest BCUT2D eigenvalue weighted by atomic mass is 10.0. The zero-order valence-electron chi connectivity index (χ0n) is 12.1. The molecule has 0 bridgehead atoms. The molecule has 0 amide bonds. The molecule has 2 N–H and O–H groups in total. The van der Waals surface area contributed by atoms with Gasteiger partial charge in [-0.15, -0.1) is 0 Å². The molecule has 0 aliphatic carbocycles. The first kappa shape index (κ1) is 14.0. The molecule has 0 atom stereocenters. The Morgan fingerprint density at radius 2 is 1.55 bits per heavy atom. The van der Waals surface area contributed by atoms with Crippen molar-refractivity contribution < 1.29 is 14.2 Å². The summed E-state index contributed by atoms with van der Waals surface area (Å²) in [5.74, 6) is 2.46. The van der Waals surface area contributed by atoms with E-state index in [1.54, 1.807) is 21.3 Å². The number of methoxy groups -OCH3 is 3. The van der Waals surface area contributed by atoms with E-state index in [0.717, 1.165) is 16.8 Å². The molecule has 1 aromatic heterocycles. The number of aromatic nitrogens is 1.